The predicted molar refractivity (Wildman–Crippen MR) is 230 cm³/mol. The average molecular weight is 719 g/mol. The second-order valence-corrected chi connectivity index (χ2v) is 14.9. The van der Waals surface area contributed by atoms with E-state index in [1.165, 1.54) is 36.5 Å². The van der Waals surface area contributed by atoms with Gasteiger partial charge in [-0.15, -0.1) is 11.3 Å². The van der Waals surface area contributed by atoms with Crippen LogP contribution in [-0.2, 0) is 0 Å². The van der Waals surface area contributed by atoms with Gasteiger partial charge in [0.15, 0.2) is 5.82 Å². The Morgan fingerprint density at radius 3 is 2.00 bits per heavy atom. The fraction of sp³-hybridized carbons (Fsp3) is 0. The Balaban J connectivity index is 1.10. The van der Waals surface area contributed by atoms with Crippen LogP contribution in [0.2, 0.25) is 0 Å². The zero-order valence-corrected chi connectivity index (χ0v) is 30.3. The third-order valence-corrected chi connectivity index (χ3v) is 11.7. The predicted octanol–water partition coefficient (Wildman–Crippen LogP) is 13.4. The number of benzene rings is 7. The van der Waals surface area contributed by atoms with Crippen LogP contribution in [0.3, 0.4) is 0 Å². The molecule has 0 spiro atoms. The molecule has 4 heterocycles. The second kappa shape index (κ2) is 12.8. The van der Waals surface area contributed by atoms with Crippen molar-refractivity contribution in [3.63, 3.8) is 0 Å². The summed E-state index contributed by atoms with van der Waals surface area (Å²) in [6.45, 7) is 0. The van der Waals surface area contributed by atoms with Gasteiger partial charge in [0.05, 0.1) is 32.6 Å². The minimum atomic E-state index is 0.688. The summed E-state index contributed by atoms with van der Waals surface area (Å²) in [5.74, 6) is 0.688. The lowest BCUT2D eigenvalue weighted by atomic mass is 9.94. The van der Waals surface area contributed by atoms with Crippen LogP contribution in [0.1, 0.15) is 0 Å². The van der Waals surface area contributed by atoms with E-state index >= 15 is 0 Å². The van der Waals surface area contributed by atoms with E-state index in [-0.39, 0.29) is 0 Å². The van der Waals surface area contributed by atoms with E-state index in [0.717, 1.165) is 66.7 Å². The summed E-state index contributed by atoms with van der Waals surface area (Å²) in [6, 6.07) is 61.8. The van der Waals surface area contributed by atoms with Gasteiger partial charge < -0.3 is 0 Å². The van der Waals surface area contributed by atoms with Crippen LogP contribution in [-0.4, -0.2) is 19.9 Å². The van der Waals surface area contributed by atoms with Crippen molar-refractivity contribution >= 4 is 64.2 Å². The molecule has 0 radical (unpaired) electrons. The number of hydrogen-bond acceptors (Lipinski definition) is 5. The van der Waals surface area contributed by atoms with E-state index in [4.69, 9.17) is 19.9 Å². The van der Waals surface area contributed by atoms with Crippen molar-refractivity contribution in [2.75, 3.05) is 0 Å². The number of para-hydroxylation sites is 1. The van der Waals surface area contributed by atoms with Gasteiger partial charge in [-0.1, -0.05) is 146 Å². The van der Waals surface area contributed by atoms with Crippen molar-refractivity contribution in [1.29, 1.82) is 0 Å². The molecule has 0 saturated carbocycles. The summed E-state index contributed by atoms with van der Waals surface area (Å²) < 4.78 is 2.43. The largest absolute Gasteiger partial charge is 0.256 e. The molecular formula is C50H30N4S. The van der Waals surface area contributed by atoms with Crippen LogP contribution in [0, 0.1) is 0 Å². The highest BCUT2D eigenvalue weighted by atomic mass is 32.1. The van der Waals surface area contributed by atoms with Gasteiger partial charge in [0.2, 0.25) is 0 Å². The first kappa shape index (κ1) is 31.4. The minimum Gasteiger partial charge on any atom is -0.256 e. The number of rotatable bonds is 5. The third-order valence-electron chi connectivity index (χ3n) is 10.5. The molecule has 7 aromatic carbocycles. The number of fused-ring (bicyclic) bond motifs is 7. The van der Waals surface area contributed by atoms with E-state index in [2.05, 4.69) is 152 Å². The van der Waals surface area contributed by atoms with Crippen LogP contribution in [0.4, 0.5) is 0 Å². The van der Waals surface area contributed by atoms with Crippen molar-refractivity contribution in [2.45, 2.75) is 0 Å². The standard InChI is InChI=1S/C50H30N4S/c1-2-12-35(13-3-1)50-53-42(33-24-22-32(23-25-33)39-20-9-14-34-17-10-28-51-47(34)39)30-43(54-50)36-15-8-16-37(29-36)45-46-38-18-5-4-11-31(38)26-27-41(46)52-48-40-19-6-7-21-44(40)55-49(45)48/h1-30H. The Morgan fingerprint density at radius 1 is 0.418 bits per heavy atom. The van der Waals surface area contributed by atoms with Crippen molar-refractivity contribution in [1.82, 2.24) is 19.9 Å². The van der Waals surface area contributed by atoms with Gasteiger partial charge in [-0.25, -0.2) is 15.0 Å². The number of hydrogen-bond donors (Lipinski definition) is 0. The molecule has 0 atom stereocenters. The molecule has 0 unspecified atom stereocenters. The molecule has 4 nitrogen and oxygen atoms in total. The summed E-state index contributed by atoms with van der Waals surface area (Å²) in [6.07, 6.45) is 1.85. The monoisotopic (exact) mass is 718 g/mol. The molecular weight excluding hydrogens is 689 g/mol. The van der Waals surface area contributed by atoms with Crippen LogP contribution < -0.4 is 0 Å². The molecule has 4 aromatic heterocycles. The number of nitrogens with zero attached hydrogens (tertiary/aromatic N) is 4. The van der Waals surface area contributed by atoms with Gasteiger partial charge in [0, 0.05) is 54.9 Å². The van der Waals surface area contributed by atoms with Gasteiger partial charge in [-0.3, -0.25) is 4.98 Å². The van der Waals surface area contributed by atoms with E-state index in [0.29, 0.717) is 5.82 Å². The van der Waals surface area contributed by atoms with Crippen LogP contribution in [0.25, 0.3) is 109 Å². The van der Waals surface area contributed by atoms with Crippen LogP contribution in [0.15, 0.2) is 182 Å². The lowest BCUT2D eigenvalue weighted by Gasteiger charge is -2.14. The molecule has 0 bridgehead atoms. The lowest BCUT2D eigenvalue weighted by Crippen LogP contribution is -1.96. The Labute approximate surface area is 321 Å². The Morgan fingerprint density at radius 2 is 1.11 bits per heavy atom. The Hall–Kier alpha value is -7.08. The smallest absolute Gasteiger partial charge is 0.160 e. The average Bonchev–Trinajstić information content (AvgIpc) is 3.63. The normalized spacial score (nSPS) is 11.6. The molecule has 55 heavy (non-hydrogen) atoms. The Bertz CT molecular complexity index is 3250. The first-order chi connectivity index (χ1) is 27.2. The van der Waals surface area contributed by atoms with Crippen molar-refractivity contribution < 1.29 is 0 Å². The minimum absolute atomic E-state index is 0.688. The van der Waals surface area contributed by atoms with Gasteiger partial charge in [-0.05, 0) is 52.2 Å². The summed E-state index contributed by atoms with van der Waals surface area (Å²) >= 11 is 1.82. The van der Waals surface area contributed by atoms with Gasteiger partial charge in [0.1, 0.15) is 0 Å². The summed E-state index contributed by atoms with van der Waals surface area (Å²) in [5, 5.41) is 5.88. The molecule has 256 valence electrons. The maximum Gasteiger partial charge on any atom is 0.160 e. The van der Waals surface area contributed by atoms with Gasteiger partial charge in [0.25, 0.3) is 0 Å². The maximum absolute atomic E-state index is 5.30. The molecule has 0 saturated heterocycles. The van der Waals surface area contributed by atoms with E-state index in [1.54, 1.807) is 0 Å². The number of thiophene rings is 1. The first-order valence-electron chi connectivity index (χ1n) is 18.4. The third kappa shape index (κ3) is 5.36. The SMILES string of the molecule is c1ccc(-c2nc(-c3ccc(-c4cccc5cccnc45)cc3)cc(-c3cccc(-c4c5sc6ccccc6c5nc5ccc6ccccc6c45)c3)n2)cc1. The summed E-state index contributed by atoms with van der Waals surface area (Å²) in [4.78, 5) is 20.3. The van der Waals surface area contributed by atoms with Crippen LogP contribution >= 0.6 is 11.3 Å². The highest BCUT2D eigenvalue weighted by Gasteiger charge is 2.19. The van der Waals surface area contributed by atoms with Crippen molar-refractivity contribution in [3.05, 3.63) is 182 Å². The maximum atomic E-state index is 5.30. The molecule has 11 rings (SSSR count). The van der Waals surface area contributed by atoms with Crippen molar-refractivity contribution in [3.8, 4) is 56.2 Å². The highest BCUT2D eigenvalue weighted by molar-refractivity contribution is 7.26. The molecule has 5 heteroatoms. The topological polar surface area (TPSA) is 51.6 Å². The zero-order valence-electron chi connectivity index (χ0n) is 29.5. The zero-order chi connectivity index (χ0) is 36.3. The van der Waals surface area contributed by atoms with E-state index in [9.17, 15) is 0 Å². The molecule has 0 aliphatic carbocycles. The molecule has 0 aliphatic rings. The fourth-order valence-electron chi connectivity index (χ4n) is 7.89. The fourth-order valence-corrected chi connectivity index (χ4v) is 9.10. The number of aromatic nitrogens is 4. The quantitative estimate of drug-likeness (QED) is 0.166. The van der Waals surface area contributed by atoms with E-state index in [1.807, 2.05) is 41.8 Å². The molecule has 0 fully saturated rings. The molecule has 0 amide bonds. The molecule has 11 aromatic rings. The highest BCUT2D eigenvalue weighted by Crippen LogP contribution is 2.45. The number of pyridine rings is 2. The second-order valence-electron chi connectivity index (χ2n) is 13.8. The van der Waals surface area contributed by atoms with Crippen LogP contribution in [0.5, 0.6) is 0 Å². The first-order valence-corrected chi connectivity index (χ1v) is 19.2. The van der Waals surface area contributed by atoms with Crippen molar-refractivity contribution in [2.24, 2.45) is 0 Å². The van der Waals surface area contributed by atoms with Gasteiger partial charge >= 0.3 is 0 Å². The van der Waals surface area contributed by atoms with E-state index < -0.39 is 0 Å². The summed E-state index contributed by atoms with van der Waals surface area (Å²) in [7, 11) is 0. The Kier molecular flexibility index (Phi) is 7.32. The molecule has 0 N–H and O–H groups in total. The summed E-state index contributed by atoms with van der Waals surface area (Å²) in [5.41, 5.74) is 12.3. The lowest BCUT2D eigenvalue weighted by molar-refractivity contribution is 1.18. The van der Waals surface area contributed by atoms with Gasteiger partial charge in [-0.2, -0.15) is 0 Å². The molecule has 0 aliphatic heterocycles.